The molecule has 2 aromatic rings. The van der Waals surface area contributed by atoms with Crippen molar-refractivity contribution in [2.75, 3.05) is 11.9 Å². The highest BCUT2D eigenvalue weighted by atomic mass is 16.5. The third-order valence-corrected chi connectivity index (χ3v) is 3.31. The van der Waals surface area contributed by atoms with Gasteiger partial charge >= 0.3 is 0 Å². The van der Waals surface area contributed by atoms with Crippen LogP contribution in [0.3, 0.4) is 0 Å². The van der Waals surface area contributed by atoms with Gasteiger partial charge in [-0.3, -0.25) is 4.79 Å². The first-order chi connectivity index (χ1) is 10.1. The van der Waals surface area contributed by atoms with Crippen LogP contribution in [0, 0.1) is 6.92 Å². The summed E-state index contributed by atoms with van der Waals surface area (Å²) in [6, 6.07) is 15.5. The van der Waals surface area contributed by atoms with Crippen LogP contribution in [0.15, 0.2) is 48.5 Å². The van der Waals surface area contributed by atoms with Crippen molar-refractivity contribution in [1.82, 2.24) is 0 Å². The number of nitrogens with one attached hydrogen (secondary N) is 1. The van der Waals surface area contributed by atoms with E-state index in [0.29, 0.717) is 5.92 Å². The maximum Gasteiger partial charge on any atom is 0.262 e. The van der Waals surface area contributed by atoms with Crippen LogP contribution in [0.2, 0.25) is 0 Å². The molecule has 1 N–H and O–H groups in total. The van der Waals surface area contributed by atoms with Crippen molar-refractivity contribution in [2.24, 2.45) is 0 Å². The molecule has 0 aromatic heterocycles. The van der Waals surface area contributed by atoms with E-state index in [1.165, 1.54) is 5.56 Å². The van der Waals surface area contributed by atoms with E-state index in [-0.39, 0.29) is 12.5 Å². The number of ether oxygens (including phenoxy) is 1. The van der Waals surface area contributed by atoms with Crippen LogP contribution in [-0.2, 0) is 4.79 Å². The van der Waals surface area contributed by atoms with E-state index in [9.17, 15) is 4.79 Å². The van der Waals surface area contributed by atoms with Gasteiger partial charge in [0.25, 0.3) is 5.91 Å². The van der Waals surface area contributed by atoms with Gasteiger partial charge in [-0.2, -0.15) is 0 Å². The molecule has 0 aliphatic carbocycles. The Balaban J connectivity index is 1.92. The Morgan fingerprint density at radius 1 is 1.14 bits per heavy atom. The molecule has 0 unspecified atom stereocenters. The number of rotatable bonds is 5. The summed E-state index contributed by atoms with van der Waals surface area (Å²) in [7, 11) is 0. The molecule has 0 heterocycles. The predicted octanol–water partition coefficient (Wildman–Crippen LogP) is 4.14. The average molecular weight is 283 g/mol. The second-order valence-corrected chi connectivity index (χ2v) is 5.38. The minimum atomic E-state index is -0.153. The fourth-order valence-electron chi connectivity index (χ4n) is 2.01. The third kappa shape index (κ3) is 4.35. The quantitative estimate of drug-likeness (QED) is 0.895. The largest absolute Gasteiger partial charge is 0.484 e. The molecular weight excluding hydrogens is 262 g/mol. The number of carbonyl (C=O) groups excluding carboxylic acids is 1. The summed E-state index contributed by atoms with van der Waals surface area (Å²) in [6.07, 6.45) is 0. The highest BCUT2D eigenvalue weighted by molar-refractivity contribution is 5.92. The average Bonchev–Trinajstić information content (AvgIpc) is 2.48. The smallest absolute Gasteiger partial charge is 0.262 e. The van der Waals surface area contributed by atoms with Crippen molar-refractivity contribution < 1.29 is 9.53 Å². The van der Waals surface area contributed by atoms with Gasteiger partial charge in [-0.25, -0.2) is 0 Å². The van der Waals surface area contributed by atoms with Crippen LogP contribution in [0.5, 0.6) is 5.75 Å². The topological polar surface area (TPSA) is 38.3 Å². The lowest BCUT2D eigenvalue weighted by Crippen LogP contribution is -2.20. The first kappa shape index (κ1) is 15.1. The number of amides is 1. The van der Waals surface area contributed by atoms with Crippen molar-refractivity contribution in [3.05, 3.63) is 59.7 Å². The van der Waals surface area contributed by atoms with Gasteiger partial charge in [0.05, 0.1) is 0 Å². The predicted molar refractivity (Wildman–Crippen MR) is 85.8 cm³/mol. The molecule has 2 aromatic carbocycles. The second-order valence-electron chi connectivity index (χ2n) is 5.38. The van der Waals surface area contributed by atoms with Gasteiger partial charge in [-0.1, -0.05) is 44.2 Å². The van der Waals surface area contributed by atoms with Gasteiger partial charge in [-0.05, 0) is 42.2 Å². The van der Waals surface area contributed by atoms with E-state index in [1.54, 1.807) is 0 Å². The summed E-state index contributed by atoms with van der Waals surface area (Å²) in [5, 5.41) is 2.85. The normalized spacial score (nSPS) is 10.5. The van der Waals surface area contributed by atoms with Gasteiger partial charge in [0.1, 0.15) is 5.75 Å². The van der Waals surface area contributed by atoms with Crippen LogP contribution in [0.1, 0.15) is 30.9 Å². The molecule has 0 aliphatic rings. The Labute approximate surface area is 126 Å². The Hall–Kier alpha value is -2.29. The number of anilines is 1. The van der Waals surface area contributed by atoms with Gasteiger partial charge in [0.2, 0.25) is 0 Å². The Morgan fingerprint density at radius 2 is 1.90 bits per heavy atom. The van der Waals surface area contributed by atoms with Crippen LogP contribution < -0.4 is 10.1 Å². The van der Waals surface area contributed by atoms with E-state index < -0.39 is 0 Å². The fraction of sp³-hybridized carbons (Fsp3) is 0.278. The molecule has 0 spiro atoms. The standard InChI is InChI=1S/C18H21NO2/c1-13(2)15-8-6-9-16(11-15)21-12-18(20)19-17-10-5-4-7-14(17)3/h4-11,13H,12H2,1-3H3,(H,19,20). The van der Waals surface area contributed by atoms with Crippen molar-refractivity contribution in [3.8, 4) is 5.75 Å². The van der Waals surface area contributed by atoms with Gasteiger partial charge in [0.15, 0.2) is 6.61 Å². The van der Waals surface area contributed by atoms with Crippen LogP contribution >= 0.6 is 0 Å². The lowest BCUT2D eigenvalue weighted by Gasteiger charge is -2.11. The van der Waals surface area contributed by atoms with Crippen LogP contribution in [0.4, 0.5) is 5.69 Å². The minimum absolute atomic E-state index is 0.00980. The van der Waals surface area contributed by atoms with Gasteiger partial charge in [-0.15, -0.1) is 0 Å². The van der Waals surface area contributed by atoms with Gasteiger partial charge < -0.3 is 10.1 Å². The van der Waals surface area contributed by atoms with E-state index in [2.05, 4.69) is 25.2 Å². The molecular formula is C18H21NO2. The molecule has 3 heteroatoms. The molecule has 21 heavy (non-hydrogen) atoms. The number of benzene rings is 2. The molecule has 2 rings (SSSR count). The van der Waals surface area contributed by atoms with Crippen molar-refractivity contribution in [2.45, 2.75) is 26.7 Å². The lowest BCUT2D eigenvalue weighted by molar-refractivity contribution is -0.118. The summed E-state index contributed by atoms with van der Waals surface area (Å²) in [4.78, 5) is 11.9. The first-order valence-electron chi connectivity index (χ1n) is 7.14. The Kier molecular flexibility index (Phi) is 4.99. The molecule has 0 fully saturated rings. The Morgan fingerprint density at radius 3 is 2.62 bits per heavy atom. The lowest BCUT2D eigenvalue weighted by atomic mass is 10.0. The highest BCUT2D eigenvalue weighted by Crippen LogP contribution is 2.20. The fourth-order valence-corrected chi connectivity index (χ4v) is 2.01. The number of hydrogen-bond acceptors (Lipinski definition) is 2. The van der Waals surface area contributed by atoms with E-state index >= 15 is 0 Å². The summed E-state index contributed by atoms with van der Waals surface area (Å²) >= 11 is 0. The maximum absolute atomic E-state index is 11.9. The van der Waals surface area contributed by atoms with Gasteiger partial charge in [0, 0.05) is 5.69 Å². The van der Waals surface area contributed by atoms with E-state index in [0.717, 1.165) is 17.0 Å². The number of carbonyl (C=O) groups is 1. The van der Waals surface area contributed by atoms with Crippen molar-refractivity contribution in [3.63, 3.8) is 0 Å². The molecule has 0 atom stereocenters. The summed E-state index contributed by atoms with van der Waals surface area (Å²) in [5.74, 6) is 1.01. The molecule has 3 nitrogen and oxygen atoms in total. The maximum atomic E-state index is 11.9. The number of aryl methyl sites for hydroxylation is 1. The number of para-hydroxylation sites is 1. The van der Waals surface area contributed by atoms with Crippen molar-refractivity contribution in [1.29, 1.82) is 0 Å². The zero-order chi connectivity index (χ0) is 15.2. The van der Waals surface area contributed by atoms with Crippen LogP contribution in [0.25, 0.3) is 0 Å². The molecule has 0 saturated heterocycles. The number of hydrogen-bond donors (Lipinski definition) is 1. The van der Waals surface area contributed by atoms with Crippen LogP contribution in [-0.4, -0.2) is 12.5 Å². The summed E-state index contributed by atoms with van der Waals surface area (Å²) in [6.45, 7) is 6.23. The van der Waals surface area contributed by atoms with Crippen molar-refractivity contribution >= 4 is 11.6 Å². The molecule has 110 valence electrons. The molecule has 0 saturated carbocycles. The van der Waals surface area contributed by atoms with E-state index in [4.69, 9.17) is 4.74 Å². The Bertz CT molecular complexity index is 620. The third-order valence-electron chi connectivity index (χ3n) is 3.31. The SMILES string of the molecule is Cc1ccccc1NC(=O)COc1cccc(C(C)C)c1. The summed E-state index contributed by atoms with van der Waals surface area (Å²) < 4.78 is 5.56. The zero-order valence-corrected chi connectivity index (χ0v) is 12.7. The highest BCUT2D eigenvalue weighted by Gasteiger charge is 2.06. The minimum Gasteiger partial charge on any atom is -0.484 e. The molecule has 1 amide bonds. The summed E-state index contributed by atoms with van der Waals surface area (Å²) in [5.41, 5.74) is 3.06. The first-order valence-corrected chi connectivity index (χ1v) is 7.14. The van der Waals surface area contributed by atoms with E-state index in [1.807, 2.05) is 49.4 Å². The molecule has 0 bridgehead atoms. The molecule has 0 aliphatic heterocycles. The second kappa shape index (κ2) is 6.93. The molecule has 0 radical (unpaired) electrons. The monoisotopic (exact) mass is 283 g/mol. The zero-order valence-electron chi connectivity index (χ0n) is 12.7.